The maximum Gasteiger partial charge on any atom is 0.349 e. The number of rotatable bonds is 5. The molecule has 9 heteroatoms. The van der Waals surface area contributed by atoms with Crippen molar-refractivity contribution in [2.24, 2.45) is 7.05 Å². The number of fused-ring (bicyclic) bond motifs is 1. The van der Waals surface area contributed by atoms with E-state index in [1.54, 1.807) is 45.3 Å². The van der Waals surface area contributed by atoms with Crippen molar-refractivity contribution in [1.82, 2.24) is 9.55 Å². The van der Waals surface area contributed by atoms with Gasteiger partial charge in [0.25, 0.3) is 11.5 Å². The smallest absolute Gasteiger partial charge is 0.349 e. The molecule has 2 heterocycles. The zero-order valence-electron chi connectivity index (χ0n) is 14.9. The average Bonchev–Trinajstić information content (AvgIpc) is 3.01. The second-order valence-corrected chi connectivity index (χ2v) is 6.75. The summed E-state index contributed by atoms with van der Waals surface area (Å²) in [5.74, 6) is -0.469. The number of benzene rings is 1. The molecule has 3 rings (SSSR count). The fraction of sp³-hybridized carbons (Fsp3) is 0.222. The number of anilines is 1. The van der Waals surface area contributed by atoms with Gasteiger partial charge in [0.05, 0.1) is 18.8 Å². The Bertz CT molecular complexity index is 1070. The van der Waals surface area contributed by atoms with E-state index in [2.05, 4.69) is 10.3 Å². The number of hydrogen-bond acceptors (Lipinski definition) is 7. The van der Waals surface area contributed by atoms with Crippen molar-refractivity contribution in [2.75, 3.05) is 19.0 Å². The molecule has 0 aliphatic carbocycles. The predicted molar refractivity (Wildman–Crippen MR) is 102 cm³/mol. The van der Waals surface area contributed by atoms with E-state index in [1.165, 1.54) is 10.9 Å². The van der Waals surface area contributed by atoms with Crippen LogP contribution in [0, 0.1) is 6.92 Å². The van der Waals surface area contributed by atoms with E-state index in [0.717, 1.165) is 11.3 Å². The molecule has 2 aromatic heterocycles. The minimum Gasteiger partial charge on any atom is -0.497 e. The van der Waals surface area contributed by atoms with Crippen molar-refractivity contribution in [1.29, 1.82) is 0 Å². The van der Waals surface area contributed by atoms with Gasteiger partial charge in [-0.1, -0.05) is 0 Å². The molecule has 8 nitrogen and oxygen atoms in total. The number of methoxy groups -OCH3 is 1. The highest BCUT2D eigenvalue weighted by molar-refractivity contribution is 7.20. The molecule has 1 amide bonds. The lowest BCUT2D eigenvalue weighted by atomic mass is 10.2. The molecular formula is C18H17N3O5S. The van der Waals surface area contributed by atoms with Crippen molar-refractivity contribution in [3.63, 3.8) is 0 Å². The minimum atomic E-state index is -0.664. The number of nitrogens with zero attached hydrogens (tertiary/aromatic N) is 2. The quantitative estimate of drug-likeness (QED) is 0.673. The summed E-state index contributed by atoms with van der Waals surface area (Å²) < 4.78 is 11.5. The highest BCUT2D eigenvalue weighted by Gasteiger charge is 2.21. The van der Waals surface area contributed by atoms with Crippen molar-refractivity contribution in [3.05, 3.63) is 51.4 Å². The lowest BCUT2D eigenvalue weighted by Crippen LogP contribution is -2.21. The molecule has 0 aliphatic heterocycles. The molecule has 0 aliphatic rings. The molecule has 0 atom stereocenters. The summed E-state index contributed by atoms with van der Waals surface area (Å²) in [6.45, 7) is 1.22. The number of carbonyl (C=O) groups excluding carboxylic acids is 2. The van der Waals surface area contributed by atoms with Crippen molar-refractivity contribution >= 4 is 39.1 Å². The Morgan fingerprint density at radius 3 is 2.63 bits per heavy atom. The van der Waals surface area contributed by atoms with Crippen LogP contribution in [0.25, 0.3) is 10.2 Å². The van der Waals surface area contributed by atoms with E-state index >= 15 is 0 Å². The molecule has 0 fully saturated rings. The second kappa shape index (κ2) is 7.58. The first kappa shape index (κ1) is 18.6. The molecular weight excluding hydrogens is 370 g/mol. The number of amides is 1. The summed E-state index contributed by atoms with van der Waals surface area (Å²) >= 11 is 1.07. The van der Waals surface area contributed by atoms with E-state index in [4.69, 9.17) is 9.47 Å². The van der Waals surface area contributed by atoms with Crippen LogP contribution in [0.3, 0.4) is 0 Å². The van der Waals surface area contributed by atoms with Gasteiger partial charge in [0.1, 0.15) is 15.5 Å². The van der Waals surface area contributed by atoms with Gasteiger partial charge in [0.15, 0.2) is 6.61 Å². The summed E-state index contributed by atoms with van der Waals surface area (Å²) in [5.41, 5.74) is 0.830. The molecule has 1 N–H and O–H groups in total. The first-order valence-electron chi connectivity index (χ1n) is 7.96. The number of carbonyl (C=O) groups is 2. The summed E-state index contributed by atoms with van der Waals surface area (Å²) in [5, 5.41) is 3.01. The van der Waals surface area contributed by atoms with Crippen LogP contribution in [0.4, 0.5) is 5.69 Å². The Kier molecular flexibility index (Phi) is 5.22. The molecule has 0 saturated carbocycles. The van der Waals surface area contributed by atoms with Gasteiger partial charge in [-0.3, -0.25) is 9.59 Å². The van der Waals surface area contributed by atoms with E-state index in [0.29, 0.717) is 27.2 Å². The Labute approximate surface area is 158 Å². The van der Waals surface area contributed by atoms with Crippen LogP contribution in [0.15, 0.2) is 35.4 Å². The lowest BCUT2D eigenvalue weighted by molar-refractivity contribution is -0.119. The Morgan fingerprint density at radius 2 is 1.96 bits per heavy atom. The molecule has 27 heavy (non-hydrogen) atoms. The third kappa shape index (κ3) is 3.82. The van der Waals surface area contributed by atoms with Crippen molar-refractivity contribution in [3.8, 4) is 5.75 Å². The summed E-state index contributed by atoms with van der Waals surface area (Å²) in [4.78, 5) is 41.4. The fourth-order valence-corrected chi connectivity index (χ4v) is 3.50. The van der Waals surface area contributed by atoms with Crippen molar-refractivity contribution < 1.29 is 19.1 Å². The first-order chi connectivity index (χ1) is 12.9. The molecule has 140 valence electrons. The zero-order valence-corrected chi connectivity index (χ0v) is 15.8. The maximum absolute atomic E-state index is 12.3. The highest BCUT2D eigenvalue weighted by atomic mass is 32.1. The fourth-order valence-electron chi connectivity index (χ4n) is 2.47. The standard InChI is InChI=1S/C18H17N3O5S/c1-10-14-16(19-9-21(2)17(14)23)27-15(10)18(24)26-8-13(22)20-11-4-6-12(25-3)7-5-11/h4-7,9H,8H2,1-3H3,(H,20,22). The molecule has 1 aromatic carbocycles. The summed E-state index contributed by atoms with van der Waals surface area (Å²) in [7, 11) is 3.14. The van der Waals surface area contributed by atoms with Crippen LogP contribution in [0.1, 0.15) is 15.2 Å². The molecule has 0 bridgehead atoms. The Hall–Kier alpha value is -3.20. The molecule has 0 saturated heterocycles. The first-order valence-corrected chi connectivity index (χ1v) is 8.78. The van der Waals surface area contributed by atoms with E-state index < -0.39 is 18.5 Å². The zero-order chi connectivity index (χ0) is 19.6. The second-order valence-electron chi connectivity index (χ2n) is 5.75. The van der Waals surface area contributed by atoms with E-state index in [1.807, 2.05) is 0 Å². The largest absolute Gasteiger partial charge is 0.497 e. The van der Waals surface area contributed by atoms with E-state index in [9.17, 15) is 14.4 Å². The number of nitrogens with one attached hydrogen (secondary N) is 1. The normalized spacial score (nSPS) is 10.6. The Balaban J connectivity index is 1.67. The molecule has 0 spiro atoms. The number of thiophene rings is 1. The van der Waals surface area contributed by atoms with Crippen molar-refractivity contribution in [2.45, 2.75) is 6.92 Å². The van der Waals surface area contributed by atoms with Gasteiger partial charge in [0, 0.05) is 12.7 Å². The average molecular weight is 387 g/mol. The summed E-state index contributed by atoms with van der Waals surface area (Å²) in [6, 6.07) is 6.76. The third-order valence-corrected chi connectivity index (χ3v) is 5.08. The topological polar surface area (TPSA) is 99.5 Å². The SMILES string of the molecule is COc1ccc(NC(=O)COC(=O)c2sc3ncn(C)c(=O)c3c2C)cc1. The van der Waals surface area contributed by atoms with Gasteiger partial charge in [0.2, 0.25) is 0 Å². The monoisotopic (exact) mass is 387 g/mol. The van der Waals surface area contributed by atoms with Gasteiger partial charge in [-0.25, -0.2) is 9.78 Å². The number of aromatic nitrogens is 2. The number of ether oxygens (including phenoxy) is 2. The van der Waals surface area contributed by atoms with E-state index in [-0.39, 0.29) is 10.4 Å². The maximum atomic E-state index is 12.3. The van der Waals surface area contributed by atoms with Gasteiger partial charge < -0.3 is 19.4 Å². The highest BCUT2D eigenvalue weighted by Crippen LogP contribution is 2.27. The predicted octanol–water partition coefficient (Wildman–Crippen LogP) is 2.11. The van der Waals surface area contributed by atoms with Crippen LogP contribution in [-0.4, -0.2) is 35.1 Å². The van der Waals surface area contributed by atoms with Crippen LogP contribution < -0.4 is 15.6 Å². The number of hydrogen-bond donors (Lipinski definition) is 1. The van der Waals surface area contributed by atoms with Crippen LogP contribution in [0.2, 0.25) is 0 Å². The van der Waals surface area contributed by atoms with Crippen LogP contribution in [-0.2, 0) is 16.6 Å². The molecule has 0 unspecified atom stereocenters. The number of esters is 1. The van der Waals surface area contributed by atoms with Crippen LogP contribution in [0.5, 0.6) is 5.75 Å². The van der Waals surface area contributed by atoms with Gasteiger partial charge in [-0.15, -0.1) is 11.3 Å². The molecule has 0 radical (unpaired) electrons. The molecule has 3 aromatic rings. The lowest BCUT2D eigenvalue weighted by Gasteiger charge is -2.07. The van der Waals surface area contributed by atoms with Gasteiger partial charge in [-0.05, 0) is 36.8 Å². The van der Waals surface area contributed by atoms with Gasteiger partial charge in [-0.2, -0.15) is 0 Å². The number of aryl methyl sites for hydroxylation is 2. The summed E-state index contributed by atoms with van der Waals surface area (Å²) in [6.07, 6.45) is 1.40. The van der Waals surface area contributed by atoms with Gasteiger partial charge >= 0.3 is 5.97 Å². The minimum absolute atomic E-state index is 0.231. The Morgan fingerprint density at radius 1 is 1.26 bits per heavy atom. The van der Waals surface area contributed by atoms with Crippen LogP contribution >= 0.6 is 11.3 Å². The third-order valence-electron chi connectivity index (χ3n) is 3.90.